The molecule has 0 aliphatic carbocycles. The van der Waals surface area contributed by atoms with Crippen molar-refractivity contribution in [3.05, 3.63) is 29.8 Å². The van der Waals surface area contributed by atoms with Crippen molar-refractivity contribution in [2.75, 3.05) is 51.7 Å². The van der Waals surface area contributed by atoms with Crippen LogP contribution in [0.1, 0.15) is 37.0 Å². The Balaban J connectivity index is 2.08. The molecule has 0 bridgehead atoms. The van der Waals surface area contributed by atoms with E-state index in [0.29, 0.717) is 25.2 Å². The Kier molecular flexibility index (Phi) is 6.24. The van der Waals surface area contributed by atoms with E-state index in [0.717, 1.165) is 31.6 Å². The number of amides is 1. The second-order valence-electron chi connectivity index (χ2n) is 7.01. The lowest BCUT2D eigenvalue weighted by Crippen LogP contribution is -2.54. The Hall–Kier alpha value is -1.59. The molecular formula is C19H31N3O2. The molecule has 1 aromatic carbocycles. The molecule has 0 saturated carbocycles. The highest BCUT2D eigenvalue weighted by atomic mass is 16.3. The number of likely N-dealkylation sites (N-methyl/N-ethyl adjacent to an activating group) is 1. The lowest BCUT2D eigenvalue weighted by molar-refractivity contribution is -0.0391. The number of carbonyl (C=O) groups is 1. The molecule has 0 spiro atoms. The average molecular weight is 333 g/mol. The molecule has 1 aliphatic rings. The minimum Gasteiger partial charge on any atom is -0.387 e. The lowest BCUT2D eigenvalue weighted by Gasteiger charge is -2.40. The predicted molar refractivity (Wildman–Crippen MR) is 98.6 cm³/mol. The molecule has 0 unspecified atom stereocenters. The fourth-order valence-corrected chi connectivity index (χ4v) is 3.59. The van der Waals surface area contributed by atoms with E-state index in [1.165, 1.54) is 0 Å². The molecule has 2 rings (SSSR count). The van der Waals surface area contributed by atoms with Crippen LogP contribution in [0.15, 0.2) is 24.3 Å². The molecule has 1 atom stereocenters. The smallest absolute Gasteiger partial charge is 0.253 e. The quantitative estimate of drug-likeness (QED) is 0.866. The molecule has 0 aromatic heterocycles. The zero-order valence-electron chi connectivity index (χ0n) is 15.5. The topological polar surface area (TPSA) is 47.0 Å². The molecule has 1 heterocycles. The van der Waals surface area contributed by atoms with Crippen LogP contribution in [0.2, 0.25) is 0 Å². The number of benzene rings is 1. The van der Waals surface area contributed by atoms with E-state index in [1.807, 2.05) is 43.3 Å². The van der Waals surface area contributed by atoms with E-state index in [-0.39, 0.29) is 5.91 Å². The Bertz CT molecular complexity index is 540. The van der Waals surface area contributed by atoms with Crippen molar-refractivity contribution in [1.29, 1.82) is 0 Å². The molecule has 0 radical (unpaired) electrons. The van der Waals surface area contributed by atoms with Crippen LogP contribution in [0.3, 0.4) is 0 Å². The summed E-state index contributed by atoms with van der Waals surface area (Å²) in [5.74, 6) is 0.0120. The third-order valence-corrected chi connectivity index (χ3v) is 4.70. The Morgan fingerprint density at radius 3 is 2.38 bits per heavy atom. The summed E-state index contributed by atoms with van der Waals surface area (Å²) in [6.45, 7) is 7.86. The molecule has 5 nitrogen and oxygen atoms in total. The number of nitrogens with zero attached hydrogens (tertiary/aromatic N) is 3. The number of rotatable bonds is 6. The molecule has 1 amide bonds. The maximum Gasteiger partial charge on any atom is 0.253 e. The van der Waals surface area contributed by atoms with Gasteiger partial charge in [-0.1, -0.05) is 0 Å². The first-order valence-corrected chi connectivity index (χ1v) is 8.90. The summed E-state index contributed by atoms with van der Waals surface area (Å²) in [7, 11) is 3.90. The summed E-state index contributed by atoms with van der Waals surface area (Å²) in [4.78, 5) is 18.8. The predicted octanol–water partition coefficient (Wildman–Crippen LogP) is 2.06. The number of likely N-dealkylation sites (tertiary alicyclic amines) is 1. The molecule has 1 saturated heterocycles. The van der Waals surface area contributed by atoms with Gasteiger partial charge in [-0.25, -0.2) is 0 Å². The monoisotopic (exact) mass is 333 g/mol. The van der Waals surface area contributed by atoms with Gasteiger partial charge < -0.3 is 19.8 Å². The molecule has 134 valence electrons. The van der Waals surface area contributed by atoms with Gasteiger partial charge >= 0.3 is 0 Å². The first-order valence-electron chi connectivity index (χ1n) is 8.90. The van der Waals surface area contributed by atoms with Crippen LogP contribution in [-0.4, -0.2) is 73.2 Å². The van der Waals surface area contributed by atoms with Crippen molar-refractivity contribution in [3.63, 3.8) is 0 Å². The van der Waals surface area contributed by atoms with Crippen molar-refractivity contribution in [2.24, 2.45) is 0 Å². The Labute approximate surface area is 145 Å². The summed E-state index contributed by atoms with van der Waals surface area (Å²) in [5.41, 5.74) is 1.03. The number of hydrogen-bond acceptors (Lipinski definition) is 4. The van der Waals surface area contributed by atoms with Gasteiger partial charge in [0.2, 0.25) is 0 Å². The van der Waals surface area contributed by atoms with Crippen molar-refractivity contribution in [3.8, 4) is 0 Å². The molecule has 1 N–H and O–H groups in total. The van der Waals surface area contributed by atoms with Crippen LogP contribution in [0.5, 0.6) is 0 Å². The fourth-order valence-electron chi connectivity index (χ4n) is 3.59. The first kappa shape index (κ1) is 18.7. The lowest BCUT2D eigenvalue weighted by atomic mass is 9.92. The zero-order chi connectivity index (χ0) is 17.7. The van der Waals surface area contributed by atoms with Crippen molar-refractivity contribution in [1.82, 2.24) is 9.80 Å². The highest BCUT2D eigenvalue weighted by molar-refractivity contribution is 5.94. The van der Waals surface area contributed by atoms with E-state index in [2.05, 4.69) is 18.7 Å². The number of carbonyl (C=O) groups excluding carboxylic acids is 1. The number of piperidine rings is 1. The van der Waals surface area contributed by atoms with Crippen molar-refractivity contribution >= 4 is 11.6 Å². The normalized spacial score (nSPS) is 21.2. The Morgan fingerprint density at radius 2 is 1.83 bits per heavy atom. The van der Waals surface area contributed by atoms with Crippen molar-refractivity contribution in [2.45, 2.75) is 32.3 Å². The maximum atomic E-state index is 12.8. The Morgan fingerprint density at radius 1 is 1.21 bits per heavy atom. The molecule has 24 heavy (non-hydrogen) atoms. The van der Waals surface area contributed by atoms with Crippen LogP contribution in [0, 0.1) is 0 Å². The van der Waals surface area contributed by atoms with E-state index < -0.39 is 5.60 Å². The van der Waals surface area contributed by atoms with E-state index in [9.17, 15) is 9.90 Å². The van der Waals surface area contributed by atoms with Crippen LogP contribution >= 0.6 is 0 Å². The third kappa shape index (κ3) is 4.48. The van der Waals surface area contributed by atoms with Crippen LogP contribution < -0.4 is 4.90 Å². The second kappa shape index (κ2) is 7.99. The summed E-state index contributed by atoms with van der Waals surface area (Å²) in [6, 6.07) is 7.82. The summed E-state index contributed by atoms with van der Waals surface area (Å²) < 4.78 is 0. The van der Waals surface area contributed by atoms with Gasteiger partial charge in [0.15, 0.2) is 0 Å². The number of hydrogen-bond donors (Lipinski definition) is 1. The van der Waals surface area contributed by atoms with Crippen LogP contribution in [-0.2, 0) is 0 Å². The molecule has 1 aliphatic heterocycles. The minimum absolute atomic E-state index is 0.0120. The summed E-state index contributed by atoms with van der Waals surface area (Å²) in [5, 5.41) is 10.7. The number of anilines is 1. The van der Waals surface area contributed by atoms with E-state index >= 15 is 0 Å². The molecule has 5 heteroatoms. The molecule has 1 fully saturated rings. The number of β-amino-alcohol motifs (C(OH)–C–C–N with tert-alkyl or cyclic N) is 1. The number of aliphatic hydroxyl groups is 1. The van der Waals surface area contributed by atoms with Gasteiger partial charge in [0.25, 0.3) is 5.91 Å². The van der Waals surface area contributed by atoms with Crippen LogP contribution in [0.25, 0.3) is 0 Å². The minimum atomic E-state index is -0.807. The van der Waals surface area contributed by atoms with Crippen LogP contribution in [0.4, 0.5) is 5.69 Å². The first-order chi connectivity index (χ1) is 11.4. The van der Waals surface area contributed by atoms with E-state index in [1.54, 1.807) is 4.90 Å². The highest BCUT2D eigenvalue weighted by Gasteiger charge is 2.35. The standard InChI is InChI=1S/C19H31N3O2/c1-5-21(6-2)17-10-8-16(9-11-17)18(23)22-13-7-12-19(24,15-22)14-20(3)4/h8-11,24H,5-7,12-15H2,1-4H3/t19-/m1/s1. The van der Waals surface area contributed by atoms with Gasteiger partial charge in [-0.05, 0) is 65.0 Å². The van der Waals surface area contributed by atoms with Gasteiger partial charge in [0.05, 0.1) is 12.1 Å². The van der Waals surface area contributed by atoms with Crippen molar-refractivity contribution < 1.29 is 9.90 Å². The third-order valence-electron chi connectivity index (χ3n) is 4.70. The summed E-state index contributed by atoms with van der Waals surface area (Å²) in [6.07, 6.45) is 1.59. The zero-order valence-corrected chi connectivity index (χ0v) is 15.5. The summed E-state index contributed by atoms with van der Waals surface area (Å²) >= 11 is 0. The second-order valence-corrected chi connectivity index (χ2v) is 7.01. The highest BCUT2D eigenvalue weighted by Crippen LogP contribution is 2.24. The molecular weight excluding hydrogens is 302 g/mol. The van der Waals surface area contributed by atoms with Gasteiger partial charge in [-0.15, -0.1) is 0 Å². The maximum absolute atomic E-state index is 12.8. The van der Waals surface area contributed by atoms with E-state index in [4.69, 9.17) is 0 Å². The molecule has 1 aromatic rings. The van der Waals surface area contributed by atoms with Gasteiger partial charge in [0.1, 0.15) is 0 Å². The SMILES string of the molecule is CCN(CC)c1ccc(C(=O)N2CCC[C@@](O)(CN(C)C)C2)cc1. The average Bonchev–Trinajstić information content (AvgIpc) is 2.55. The van der Waals surface area contributed by atoms with Gasteiger partial charge in [-0.2, -0.15) is 0 Å². The van der Waals surface area contributed by atoms with Gasteiger partial charge in [-0.3, -0.25) is 4.79 Å². The largest absolute Gasteiger partial charge is 0.387 e. The fraction of sp³-hybridized carbons (Fsp3) is 0.632. The van der Waals surface area contributed by atoms with Gasteiger partial charge in [0, 0.05) is 37.4 Å².